The van der Waals surface area contributed by atoms with Gasteiger partial charge in [0, 0.05) is 5.92 Å². The van der Waals surface area contributed by atoms with Crippen LogP contribution in [0, 0.1) is 51.2 Å². The van der Waals surface area contributed by atoms with Crippen molar-refractivity contribution >= 4 is 0 Å². The first kappa shape index (κ1) is 21.1. The predicted octanol–water partition coefficient (Wildman–Crippen LogP) is 8.75. The van der Waals surface area contributed by atoms with E-state index in [9.17, 15) is 0 Å². The van der Waals surface area contributed by atoms with E-state index >= 15 is 0 Å². The molecule has 0 aromatic rings. The van der Waals surface area contributed by atoms with Gasteiger partial charge in [-0.3, -0.25) is 0 Å². The van der Waals surface area contributed by atoms with Gasteiger partial charge >= 0.3 is 0 Å². The van der Waals surface area contributed by atoms with E-state index in [0.717, 1.165) is 23.7 Å². The molecule has 0 heteroatoms. The molecule has 30 heavy (non-hydrogen) atoms. The zero-order chi connectivity index (χ0) is 21.5. The molecule has 0 aromatic carbocycles. The van der Waals surface area contributed by atoms with Gasteiger partial charge in [0.25, 0.3) is 0 Å². The Morgan fingerprint density at radius 1 is 1.00 bits per heavy atom. The third kappa shape index (κ3) is 2.40. The molecule has 166 valence electrons. The summed E-state index contributed by atoms with van der Waals surface area (Å²) in [6, 6.07) is 0. The Morgan fingerprint density at radius 2 is 1.77 bits per heavy atom. The van der Waals surface area contributed by atoms with Crippen molar-refractivity contribution in [2.24, 2.45) is 51.2 Å². The lowest BCUT2D eigenvalue weighted by atomic mass is 9.34. The summed E-state index contributed by atoms with van der Waals surface area (Å²) in [5.74, 6) is 4.14. The first-order valence-corrected chi connectivity index (χ1v) is 13.1. The van der Waals surface area contributed by atoms with Gasteiger partial charge in [-0.25, -0.2) is 0 Å². The van der Waals surface area contributed by atoms with Crippen LogP contribution in [0.4, 0.5) is 0 Å². The van der Waals surface area contributed by atoms with Crippen molar-refractivity contribution in [3.63, 3.8) is 0 Å². The first-order chi connectivity index (χ1) is 14.1. The fourth-order valence-electron chi connectivity index (χ4n) is 10.2. The number of fused-ring (bicyclic) bond motifs is 7. The smallest absolute Gasteiger partial charge is 0.0101 e. The average Bonchev–Trinajstić information content (AvgIpc) is 2.72. The van der Waals surface area contributed by atoms with Crippen LogP contribution in [0.1, 0.15) is 98.8 Å². The monoisotopic (exact) mass is 406 g/mol. The summed E-state index contributed by atoms with van der Waals surface area (Å²) in [6.45, 7) is 22.2. The number of allylic oxidation sites excluding steroid dienone is 4. The molecule has 0 spiro atoms. The molecule has 0 bridgehead atoms. The zero-order valence-electron chi connectivity index (χ0n) is 20.5. The highest BCUT2D eigenvalue weighted by molar-refractivity contribution is 5.40. The molecular formula is C30H46. The third-order valence-electron chi connectivity index (χ3n) is 12.5. The van der Waals surface area contributed by atoms with Crippen molar-refractivity contribution in [3.05, 3.63) is 36.5 Å². The predicted molar refractivity (Wildman–Crippen MR) is 129 cm³/mol. The van der Waals surface area contributed by atoms with E-state index in [0.29, 0.717) is 27.6 Å². The Hall–Kier alpha value is -0.780. The van der Waals surface area contributed by atoms with Crippen LogP contribution in [0.3, 0.4) is 0 Å². The van der Waals surface area contributed by atoms with Gasteiger partial charge in [-0.05, 0) is 110 Å². The number of hydrogen-bond donors (Lipinski definition) is 0. The van der Waals surface area contributed by atoms with E-state index in [1.807, 2.05) is 0 Å². The van der Waals surface area contributed by atoms with Gasteiger partial charge in [0.15, 0.2) is 0 Å². The quantitative estimate of drug-likeness (QED) is 0.382. The molecule has 0 saturated heterocycles. The Kier molecular flexibility index (Phi) is 4.65. The summed E-state index contributed by atoms with van der Waals surface area (Å²) in [4.78, 5) is 0. The molecule has 0 radical (unpaired) electrons. The van der Waals surface area contributed by atoms with Crippen molar-refractivity contribution in [1.82, 2.24) is 0 Å². The molecule has 3 unspecified atom stereocenters. The molecule has 0 aromatic heterocycles. The SMILES string of the molecule is C=C[C@]12CCCC(=C)C1C1=CCC3[C@@]4(C)CC[C@H](C)[C@H](C)C4CC[C@@]3(C)[C@]1(C)CC2. The van der Waals surface area contributed by atoms with Crippen LogP contribution in [-0.4, -0.2) is 0 Å². The summed E-state index contributed by atoms with van der Waals surface area (Å²) < 4.78 is 0. The molecule has 0 amide bonds. The van der Waals surface area contributed by atoms with Crippen LogP contribution in [-0.2, 0) is 0 Å². The summed E-state index contributed by atoms with van der Waals surface area (Å²) in [5, 5.41) is 0. The van der Waals surface area contributed by atoms with Crippen LogP contribution >= 0.6 is 0 Å². The van der Waals surface area contributed by atoms with Crippen molar-refractivity contribution < 1.29 is 0 Å². The molecule has 9 atom stereocenters. The minimum absolute atomic E-state index is 0.291. The standard InChI is InChI=1S/C30H46/c1-8-30-15-9-10-21(3)26(30)24-11-12-25-27(5)16-13-20(2)22(4)23(27)14-17-29(25,7)28(24,6)18-19-30/h8,11,20,22-23,25-26H,1,3,9-10,12-19H2,2,4-7H3/t20-,22-,23?,25?,26?,27-,28+,29+,30+/m0/s1. The maximum Gasteiger partial charge on any atom is 0.0101 e. The van der Waals surface area contributed by atoms with Crippen molar-refractivity contribution in [2.45, 2.75) is 98.8 Å². The second kappa shape index (κ2) is 6.62. The van der Waals surface area contributed by atoms with E-state index < -0.39 is 0 Å². The second-order valence-corrected chi connectivity index (χ2v) is 13.1. The maximum atomic E-state index is 4.65. The highest BCUT2D eigenvalue weighted by atomic mass is 14.7. The van der Waals surface area contributed by atoms with Crippen molar-refractivity contribution in [2.75, 3.05) is 0 Å². The largest absolute Gasteiger partial charge is 0.102 e. The molecule has 0 N–H and O–H groups in total. The fourth-order valence-corrected chi connectivity index (χ4v) is 10.2. The Bertz CT molecular complexity index is 786. The lowest BCUT2D eigenvalue weighted by molar-refractivity contribution is -0.165. The van der Waals surface area contributed by atoms with Gasteiger partial charge in [0.1, 0.15) is 0 Å². The van der Waals surface area contributed by atoms with Crippen LogP contribution in [0.25, 0.3) is 0 Å². The van der Waals surface area contributed by atoms with E-state index in [2.05, 4.69) is 59.9 Å². The second-order valence-electron chi connectivity index (χ2n) is 13.1. The van der Waals surface area contributed by atoms with Crippen LogP contribution < -0.4 is 0 Å². The molecule has 0 heterocycles. The van der Waals surface area contributed by atoms with Gasteiger partial charge in [-0.2, -0.15) is 0 Å². The van der Waals surface area contributed by atoms with Crippen LogP contribution in [0.2, 0.25) is 0 Å². The molecule has 5 aliphatic rings. The molecular weight excluding hydrogens is 360 g/mol. The minimum atomic E-state index is 0.291. The van der Waals surface area contributed by atoms with Crippen molar-refractivity contribution in [3.8, 4) is 0 Å². The van der Waals surface area contributed by atoms with Crippen LogP contribution in [0.15, 0.2) is 36.5 Å². The first-order valence-electron chi connectivity index (χ1n) is 13.1. The van der Waals surface area contributed by atoms with Gasteiger partial charge in [0.05, 0.1) is 0 Å². The van der Waals surface area contributed by atoms with Gasteiger partial charge in [-0.15, -0.1) is 6.58 Å². The van der Waals surface area contributed by atoms with Crippen LogP contribution in [0.5, 0.6) is 0 Å². The molecule has 0 nitrogen and oxygen atoms in total. The van der Waals surface area contributed by atoms with Crippen molar-refractivity contribution in [1.29, 1.82) is 0 Å². The molecule has 5 rings (SSSR count). The summed E-state index contributed by atoms with van der Waals surface area (Å²) >= 11 is 0. The Labute approximate surface area is 186 Å². The average molecular weight is 407 g/mol. The molecule has 5 aliphatic carbocycles. The Morgan fingerprint density at radius 3 is 2.50 bits per heavy atom. The Balaban J connectivity index is 1.60. The molecule has 0 aliphatic heterocycles. The summed E-state index contributed by atoms with van der Waals surface area (Å²) in [7, 11) is 0. The maximum absolute atomic E-state index is 4.65. The minimum Gasteiger partial charge on any atom is -0.102 e. The summed E-state index contributed by atoms with van der Waals surface area (Å²) in [5.41, 5.74) is 4.90. The van der Waals surface area contributed by atoms with E-state index in [1.165, 1.54) is 69.8 Å². The van der Waals surface area contributed by atoms with Gasteiger partial charge in [0.2, 0.25) is 0 Å². The lowest BCUT2D eigenvalue weighted by Gasteiger charge is -2.70. The van der Waals surface area contributed by atoms with E-state index in [1.54, 1.807) is 5.57 Å². The summed E-state index contributed by atoms with van der Waals surface area (Å²) in [6.07, 6.45) is 18.7. The van der Waals surface area contributed by atoms with Gasteiger partial charge < -0.3 is 0 Å². The molecule has 4 fully saturated rings. The fraction of sp³-hybridized carbons (Fsp3) is 0.800. The normalized spacial score (nSPS) is 55.4. The van der Waals surface area contributed by atoms with E-state index in [-0.39, 0.29) is 0 Å². The highest BCUT2D eigenvalue weighted by Gasteiger charge is 2.66. The zero-order valence-corrected chi connectivity index (χ0v) is 20.5. The highest BCUT2D eigenvalue weighted by Crippen LogP contribution is 2.74. The lowest BCUT2D eigenvalue weighted by Crippen LogP contribution is -2.62. The van der Waals surface area contributed by atoms with E-state index in [4.69, 9.17) is 0 Å². The third-order valence-corrected chi connectivity index (χ3v) is 12.5. The molecule has 4 saturated carbocycles. The van der Waals surface area contributed by atoms with Gasteiger partial charge in [-0.1, -0.05) is 64.5 Å². The topological polar surface area (TPSA) is 0 Å². The number of hydrogen-bond acceptors (Lipinski definition) is 0. The number of rotatable bonds is 1.